The second-order valence-corrected chi connectivity index (χ2v) is 7.14. The van der Waals surface area contributed by atoms with E-state index in [1.807, 2.05) is 17.9 Å². The van der Waals surface area contributed by atoms with Crippen LogP contribution in [-0.4, -0.2) is 51.2 Å². The van der Waals surface area contributed by atoms with E-state index in [0.717, 1.165) is 24.9 Å². The number of piperazine rings is 1. The fourth-order valence-electron chi connectivity index (χ4n) is 2.45. The van der Waals surface area contributed by atoms with Crippen LogP contribution in [0.15, 0.2) is 24.3 Å². The normalized spacial score (nSPS) is 19.3. The van der Waals surface area contributed by atoms with Gasteiger partial charge in [-0.25, -0.2) is 8.42 Å². The largest absolute Gasteiger partial charge is 0.337 e. The summed E-state index contributed by atoms with van der Waals surface area (Å²) in [4.78, 5) is 14.2. The molecule has 0 unspecified atom stereocenters. The molecule has 1 amide bonds. The van der Waals surface area contributed by atoms with Crippen LogP contribution in [0, 0.1) is 0 Å². The molecule has 1 heterocycles. The second-order valence-electron chi connectivity index (χ2n) is 5.39. The molecule has 2 N–H and O–H groups in total. The predicted molar refractivity (Wildman–Crippen MR) is 82.7 cm³/mol. The van der Waals surface area contributed by atoms with Crippen molar-refractivity contribution in [2.24, 2.45) is 0 Å². The Bertz CT molecular complexity index is 616. The summed E-state index contributed by atoms with van der Waals surface area (Å²) in [5.41, 5.74) is 1.29. The SMILES string of the molecule is C[C@@H]1CNCCN1C(=O)Cc1cccc(NS(C)(=O)=O)c1. The van der Waals surface area contributed by atoms with Crippen LogP contribution >= 0.6 is 0 Å². The van der Waals surface area contributed by atoms with Crippen molar-refractivity contribution in [3.63, 3.8) is 0 Å². The molecule has 1 aliphatic heterocycles. The van der Waals surface area contributed by atoms with Crippen LogP contribution in [0.3, 0.4) is 0 Å². The Kier molecular flexibility index (Phi) is 4.84. The molecule has 1 aliphatic rings. The lowest BCUT2D eigenvalue weighted by Gasteiger charge is -2.34. The van der Waals surface area contributed by atoms with Gasteiger partial charge in [-0.15, -0.1) is 0 Å². The Hall–Kier alpha value is -1.60. The van der Waals surface area contributed by atoms with Gasteiger partial charge in [0.1, 0.15) is 0 Å². The van der Waals surface area contributed by atoms with Crippen LogP contribution in [0.5, 0.6) is 0 Å². The van der Waals surface area contributed by atoms with Gasteiger partial charge < -0.3 is 10.2 Å². The van der Waals surface area contributed by atoms with Crippen molar-refractivity contribution in [2.45, 2.75) is 19.4 Å². The maximum Gasteiger partial charge on any atom is 0.229 e. The van der Waals surface area contributed by atoms with Gasteiger partial charge in [0.05, 0.1) is 12.7 Å². The minimum atomic E-state index is -3.31. The Morgan fingerprint density at radius 3 is 2.90 bits per heavy atom. The zero-order chi connectivity index (χ0) is 15.5. The highest BCUT2D eigenvalue weighted by molar-refractivity contribution is 7.92. The Labute approximate surface area is 125 Å². The molecule has 1 atom stereocenters. The van der Waals surface area contributed by atoms with E-state index in [2.05, 4.69) is 10.0 Å². The lowest BCUT2D eigenvalue weighted by Crippen LogP contribution is -2.52. The number of nitrogens with zero attached hydrogens (tertiary/aromatic N) is 1. The molecule has 21 heavy (non-hydrogen) atoms. The smallest absolute Gasteiger partial charge is 0.229 e. The molecule has 0 saturated carbocycles. The second kappa shape index (κ2) is 6.44. The minimum Gasteiger partial charge on any atom is -0.337 e. The van der Waals surface area contributed by atoms with Crippen LogP contribution in [0.4, 0.5) is 5.69 Å². The molecule has 2 rings (SSSR count). The zero-order valence-corrected chi connectivity index (χ0v) is 13.1. The van der Waals surface area contributed by atoms with E-state index in [-0.39, 0.29) is 18.4 Å². The summed E-state index contributed by atoms with van der Waals surface area (Å²) in [7, 11) is -3.31. The molecular formula is C14H21N3O3S. The third-order valence-corrected chi connectivity index (χ3v) is 4.01. The standard InChI is InChI=1S/C14H21N3O3S/c1-11-10-15-6-7-17(11)14(18)9-12-4-3-5-13(8-12)16-21(2,19)20/h3-5,8,11,15-16H,6-7,9-10H2,1-2H3/t11-/m1/s1. The third-order valence-electron chi connectivity index (χ3n) is 3.41. The first-order chi connectivity index (χ1) is 9.85. The van der Waals surface area contributed by atoms with Gasteiger partial charge in [-0.2, -0.15) is 0 Å². The number of anilines is 1. The summed E-state index contributed by atoms with van der Waals surface area (Å²) in [5.74, 6) is 0.0699. The van der Waals surface area contributed by atoms with E-state index in [1.165, 1.54) is 0 Å². The van der Waals surface area contributed by atoms with Gasteiger partial charge in [0.15, 0.2) is 0 Å². The fraction of sp³-hybridized carbons (Fsp3) is 0.500. The molecule has 0 radical (unpaired) electrons. The summed E-state index contributed by atoms with van der Waals surface area (Å²) in [5, 5.41) is 3.25. The third kappa shape index (κ3) is 4.71. The van der Waals surface area contributed by atoms with Crippen molar-refractivity contribution in [2.75, 3.05) is 30.6 Å². The van der Waals surface area contributed by atoms with E-state index in [9.17, 15) is 13.2 Å². The topological polar surface area (TPSA) is 78.5 Å². The number of rotatable bonds is 4. The van der Waals surface area contributed by atoms with Gasteiger partial charge in [-0.3, -0.25) is 9.52 Å². The maximum absolute atomic E-state index is 12.3. The summed E-state index contributed by atoms with van der Waals surface area (Å²) in [6, 6.07) is 7.13. The number of benzene rings is 1. The number of amides is 1. The molecule has 116 valence electrons. The Balaban J connectivity index is 2.05. The first-order valence-corrected chi connectivity index (χ1v) is 8.81. The summed E-state index contributed by atoms with van der Waals surface area (Å²) >= 11 is 0. The first-order valence-electron chi connectivity index (χ1n) is 6.92. The lowest BCUT2D eigenvalue weighted by atomic mass is 10.1. The molecule has 7 heteroatoms. The molecule has 0 aliphatic carbocycles. The lowest BCUT2D eigenvalue weighted by molar-refractivity contribution is -0.133. The first kappa shape index (κ1) is 15.8. The van der Waals surface area contributed by atoms with E-state index < -0.39 is 10.0 Å². The highest BCUT2D eigenvalue weighted by Gasteiger charge is 2.22. The number of sulfonamides is 1. The van der Waals surface area contributed by atoms with Crippen molar-refractivity contribution in [3.05, 3.63) is 29.8 Å². The Morgan fingerprint density at radius 1 is 1.48 bits per heavy atom. The van der Waals surface area contributed by atoms with Gasteiger partial charge in [-0.1, -0.05) is 12.1 Å². The molecule has 1 saturated heterocycles. The number of carbonyl (C=O) groups excluding carboxylic acids is 1. The maximum atomic E-state index is 12.3. The van der Waals surface area contributed by atoms with Gasteiger partial charge in [0.2, 0.25) is 15.9 Å². The molecule has 0 aromatic heterocycles. The van der Waals surface area contributed by atoms with Crippen LogP contribution in [0.2, 0.25) is 0 Å². The summed E-state index contributed by atoms with van der Waals surface area (Å²) < 4.78 is 24.9. The molecular weight excluding hydrogens is 290 g/mol. The van der Waals surface area contributed by atoms with Crippen LogP contribution in [0.1, 0.15) is 12.5 Å². The van der Waals surface area contributed by atoms with E-state index >= 15 is 0 Å². The van der Waals surface area contributed by atoms with Gasteiger partial charge in [0, 0.05) is 31.4 Å². The van der Waals surface area contributed by atoms with Gasteiger partial charge in [-0.05, 0) is 24.6 Å². The molecule has 1 aromatic rings. The number of hydrogen-bond acceptors (Lipinski definition) is 4. The number of nitrogens with one attached hydrogen (secondary N) is 2. The molecule has 6 nitrogen and oxygen atoms in total. The predicted octanol–water partition coefficient (Wildman–Crippen LogP) is 0.421. The minimum absolute atomic E-state index is 0.0699. The highest BCUT2D eigenvalue weighted by Crippen LogP contribution is 2.14. The van der Waals surface area contributed by atoms with Crippen LogP contribution < -0.4 is 10.0 Å². The monoisotopic (exact) mass is 311 g/mol. The van der Waals surface area contributed by atoms with Crippen molar-refractivity contribution < 1.29 is 13.2 Å². The fourth-order valence-corrected chi connectivity index (χ4v) is 3.00. The highest BCUT2D eigenvalue weighted by atomic mass is 32.2. The van der Waals surface area contributed by atoms with Crippen molar-refractivity contribution >= 4 is 21.6 Å². The van der Waals surface area contributed by atoms with E-state index in [4.69, 9.17) is 0 Å². The van der Waals surface area contributed by atoms with Crippen LogP contribution in [0.25, 0.3) is 0 Å². The van der Waals surface area contributed by atoms with Gasteiger partial charge >= 0.3 is 0 Å². The quantitative estimate of drug-likeness (QED) is 0.845. The number of hydrogen-bond donors (Lipinski definition) is 2. The average Bonchev–Trinajstić information content (AvgIpc) is 2.37. The van der Waals surface area contributed by atoms with E-state index in [1.54, 1.807) is 18.2 Å². The van der Waals surface area contributed by atoms with Crippen LogP contribution in [-0.2, 0) is 21.2 Å². The molecule has 0 spiro atoms. The molecule has 1 fully saturated rings. The average molecular weight is 311 g/mol. The van der Waals surface area contributed by atoms with Crippen molar-refractivity contribution in [1.29, 1.82) is 0 Å². The van der Waals surface area contributed by atoms with E-state index in [0.29, 0.717) is 12.2 Å². The summed E-state index contributed by atoms with van der Waals surface area (Å²) in [6.07, 6.45) is 1.39. The summed E-state index contributed by atoms with van der Waals surface area (Å²) in [6.45, 7) is 4.35. The molecule has 1 aromatic carbocycles. The van der Waals surface area contributed by atoms with Crippen molar-refractivity contribution in [1.82, 2.24) is 10.2 Å². The molecule has 0 bridgehead atoms. The van der Waals surface area contributed by atoms with Gasteiger partial charge in [0.25, 0.3) is 0 Å². The number of carbonyl (C=O) groups is 1. The Morgan fingerprint density at radius 2 is 2.24 bits per heavy atom. The zero-order valence-electron chi connectivity index (χ0n) is 12.3. The van der Waals surface area contributed by atoms with Crippen molar-refractivity contribution in [3.8, 4) is 0 Å².